The molecule has 0 bridgehead atoms. The molecule has 4 rings (SSSR count). The zero-order chi connectivity index (χ0) is 25.0. The molecule has 0 spiro atoms. The van der Waals surface area contributed by atoms with Gasteiger partial charge < -0.3 is 24.3 Å². The lowest BCUT2D eigenvalue weighted by atomic mass is 10.2. The summed E-state index contributed by atoms with van der Waals surface area (Å²) in [5.41, 5.74) is 0.791. The maximum atomic E-state index is 13.1. The first-order valence-electron chi connectivity index (χ1n) is 10.8. The Morgan fingerprint density at radius 1 is 1.00 bits per heavy atom. The minimum absolute atomic E-state index is 0.0516. The number of benzene rings is 3. The van der Waals surface area contributed by atoms with Crippen molar-refractivity contribution in [2.45, 2.75) is 11.0 Å². The van der Waals surface area contributed by atoms with Gasteiger partial charge in [-0.1, -0.05) is 12.1 Å². The standard InChI is InChI=1S/C25H26N2O7S/c1-27(35(29,30)20-12-13-21(31-2)24(14-20)32-3)18-10-8-17(9-11-18)25(28)26-15-19-16-33-22-6-4-5-7-23(22)34-19/h4-14,19H,15-16H2,1-3H3,(H,26,28). The van der Waals surface area contributed by atoms with Gasteiger partial charge in [-0.3, -0.25) is 9.10 Å². The number of rotatable bonds is 8. The molecule has 0 saturated heterocycles. The van der Waals surface area contributed by atoms with Crippen LogP contribution in [0.1, 0.15) is 10.4 Å². The van der Waals surface area contributed by atoms with Crippen LogP contribution >= 0.6 is 0 Å². The maximum absolute atomic E-state index is 13.1. The van der Waals surface area contributed by atoms with Crippen LogP contribution in [-0.4, -0.2) is 54.8 Å². The maximum Gasteiger partial charge on any atom is 0.264 e. The van der Waals surface area contributed by atoms with E-state index in [1.54, 1.807) is 24.3 Å². The smallest absolute Gasteiger partial charge is 0.264 e. The fourth-order valence-corrected chi connectivity index (χ4v) is 4.78. The minimum atomic E-state index is -3.87. The van der Waals surface area contributed by atoms with Gasteiger partial charge in [0.1, 0.15) is 12.7 Å². The molecule has 3 aromatic rings. The molecule has 0 aromatic heterocycles. The van der Waals surface area contributed by atoms with Crippen molar-refractivity contribution in [3.05, 3.63) is 72.3 Å². The molecule has 0 radical (unpaired) electrons. The van der Waals surface area contributed by atoms with Crippen LogP contribution in [0.25, 0.3) is 0 Å². The molecule has 1 atom stereocenters. The zero-order valence-electron chi connectivity index (χ0n) is 19.6. The van der Waals surface area contributed by atoms with Gasteiger partial charge in [0.05, 0.1) is 31.3 Å². The molecule has 3 aromatic carbocycles. The first-order chi connectivity index (χ1) is 16.8. The number of hydrogen-bond donors (Lipinski definition) is 1. The fraction of sp³-hybridized carbons (Fsp3) is 0.240. The topological polar surface area (TPSA) is 103 Å². The second-order valence-corrected chi connectivity index (χ2v) is 9.71. The second-order valence-electron chi connectivity index (χ2n) is 7.74. The average molecular weight is 499 g/mol. The van der Waals surface area contributed by atoms with Gasteiger partial charge in [-0.25, -0.2) is 8.42 Å². The third kappa shape index (κ3) is 5.12. The normalized spacial score (nSPS) is 14.7. The number of sulfonamides is 1. The molecular weight excluding hydrogens is 472 g/mol. The van der Waals surface area contributed by atoms with Crippen molar-refractivity contribution < 1.29 is 32.2 Å². The molecule has 9 nitrogen and oxygen atoms in total. The Balaban J connectivity index is 1.40. The number of carbonyl (C=O) groups is 1. The molecule has 184 valence electrons. The van der Waals surface area contributed by atoms with Crippen LogP contribution in [0.3, 0.4) is 0 Å². The summed E-state index contributed by atoms with van der Waals surface area (Å²) in [4.78, 5) is 12.6. The van der Waals surface area contributed by atoms with Gasteiger partial charge in [-0.15, -0.1) is 0 Å². The lowest BCUT2D eigenvalue weighted by Crippen LogP contribution is -2.40. The number of fused-ring (bicyclic) bond motifs is 1. The number of hydrogen-bond acceptors (Lipinski definition) is 7. The van der Waals surface area contributed by atoms with Gasteiger partial charge >= 0.3 is 0 Å². The SMILES string of the molecule is COc1ccc(S(=O)(=O)N(C)c2ccc(C(=O)NCC3COc4ccccc4O3)cc2)cc1OC. The zero-order valence-corrected chi connectivity index (χ0v) is 20.4. The van der Waals surface area contributed by atoms with E-state index in [0.29, 0.717) is 40.9 Å². The van der Waals surface area contributed by atoms with E-state index in [2.05, 4.69) is 5.32 Å². The summed E-state index contributed by atoms with van der Waals surface area (Å²) < 4.78 is 49.3. The minimum Gasteiger partial charge on any atom is -0.493 e. The van der Waals surface area contributed by atoms with E-state index in [9.17, 15) is 13.2 Å². The van der Waals surface area contributed by atoms with E-state index < -0.39 is 10.0 Å². The van der Waals surface area contributed by atoms with Crippen molar-refractivity contribution in [1.29, 1.82) is 0 Å². The van der Waals surface area contributed by atoms with Crippen LogP contribution in [0.5, 0.6) is 23.0 Å². The molecule has 1 aliphatic rings. The Morgan fingerprint density at radius 2 is 1.69 bits per heavy atom. The third-order valence-corrected chi connectivity index (χ3v) is 7.35. The van der Waals surface area contributed by atoms with Gasteiger partial charge in [0, 0.05) is 18.7 Å². The van der Waals surface area contributed by atoms with Crippen molar-refractivity contribution in [3.63, 3.8) is 0 Å². The summed E-state index contributed by atoms with van der Waals surface area (Å²) in [5, 5.41) is 2.83. The number of para-hydroxylation sites is 2. The molecule has 1 unspecified atom stereocenters. The Labute approximate surface area is 204 Å². The van der Waals surface area contributed by atoms with Gasteiger partial charge in [0.15, 0.2) is 23.0 Å². The molecule has 0 saturated carbocycles. The van der Waals surface area contributed by atoms with Crippen molar-refractivity contribution in [1.82, 2.24) is 5.32 Å². The number of carbonyl (C=O) groups excluding carboxylic acids is 1. The second kappa shape index (κ2) is 10.1. The predicted molar refractivity (Wildman–Crippen MR) is 130 cm³/mol. The van der Waals surface area contributed by atoms with Crippen molar-refractivity contribution in [2.24, 2.45) is 0 Å². The summed E-state index contributed by atoms with van der Waals surface area (Å²) in [7, 11) is 0.494. The summed E-state index contributed by atoms with van der Waals surface area (Å²) in [6.45, 7) is 0.595. The Bertz CT molecular complexity index is 1310. The predicted octanol–water partition coefficient (Wildman–Crippen LogP) is 3.10. The lowest BCUT2D eigenvalue weighted by Gasteiger charge is -2.26. The molecule has 1 N–H and O–H groups in total. The Kier molecular flexibility index (Phi) is 7.02. The monoisotopic (exact) mass is 498 g/mol. The molecule has 0 aliphatic carbocycles. The van der Waals surface area contributed by atoms with E-state index in [-0.39, 0.29) is 23.5 Å². The number of nitrogens with one attached hydrogen (secondary N) is 1. The van der Waals surface area contributed by atoms with Crippen LogP contribution in [0.15, 0.2) is 71.6 Å². The Hall–Kier alpha value is -3.92. The molecule has 1 amide bonds. The molecule has 35 heavy (non-hydrogen) atoms. The third-order valence-electron chi connectivity index (χ3n) is 5.56. The fourth-order valence-electron chi connectivity index (χ4n) is 3.57. The summed E-state index contributed by atoms with van der Waals surface area (Å²) >= 11 is 0. The van der Waals surface area contributed by atoms with Gasteiger partial charge in [0.25, 0.3) is 15.9 Å². The van der Waals surface area contributed by atoms with Crippen LogP contribution in [0.4, 0.5) is 5.69 Å². The average Bonchev–Trinajstić information content (AvgIpc) is 2.90. The van der Waals surface area contributed by atoms with Crippen LogP contribution in [-0.2, 0) is 10.0 Å². The molecule has 0 fully saturated rings. The summed E-state index contributed by atoms with van der Waals surface area (Å²) in [6, 6.07) is 18.0. The highest BCUT2D eigenvalue weighted by molar-refractivity contribution is 7.92. The highest BCUT2D eigenvalue weighted by atomic mass is 32.2. The summed E-state index contributed by atoms with van der Waals surface area (Å²) in [6.07, 6.45) is -0.314. The summed E-state index contributed by atoms with van der Waals surface area (Å²) in [5.74, 6) is 1.76. The van der Waals surface area contributed by atoms with E-state index in [1.165, 1.54) is 39.5 Å². The number of nitrogens with zero attached hydrogens (tertiary/aromatic N) is 1. The lowest BCUT2D eigenvalue weighted by molar-refractivity contribution is 0.0789. The number of methoxy groups -OCH3 is 2. The highest BCUT2D eigenvalue weighted by Gasteiger charge is 2.24. The van der Waals surface area contributed by atoms with Crippen LogP contribution in [0.2, 0.25) is 0 Å². The van der Waals surface area contributed by atoms with E-state index >= 15 is 0 Å². The van der Waals surface area contributed by atoms with E-state index in [1.807, 2.05) is 24.3 Å². The number of ether oxygens (including phenoxy) is 4. The van der Waals surface area contributed by atoms with Gasteiger partial charge in [-0.05, 0) is 48.5 Å². The molecular formula is C25H26N2O7S. The van der Waals surface area contributed by atoms with Crippen LogP contribution < -0.4 is 28.6 Å². The van der Waals surface area contributed by atoms with Crippen LogP contribution in [0, 0.1) is 0 Å². The Morgan fingerprint density at radius 3 is 2.37 bits per heavy atom. The quantitative estimate of drug-likeness (QED) is 0.509. The number of anilines is 1. The number of amides is 1. The van der Waals surface area contributed by atoms with E-state index in [4.69, 9.17) is 18.9 Å². The van der Waals surface area contributed by atoms with Crippen molar-refractivity contribution in [3.8, 4) is 23.0 Å². The molecule has 1 heterocycles. The van der Waals surface area contributed by atoms with Crippen molar-refractivity contribution in [2.75, 3.05) is 38.7 Å². The highest BCUT2D eigenvalue weighted by Crippen LogP contribution is 2.32. The molecule has 10 heteroatoms. The first-order valence-corrected chi connectivity index (χ1v) is 12.2. The van der Waals surface area contributed by atoms with Crippen molar-refractivity contribution >= 4 is 21.6 Å². The largest absolute Gasteiger partial charge is 0.493 e. The first kappa shape index (κ1) is 24.2. The molecule has 1 aliphatic heterocycles. The van der Waals surface area contributed by atoms with Gasteiger partial charge in [-0.2, -0.15) is 0 Å². The van der Waals surface area contributed by atoms with E-state index in [0.717, 1.165) is 4.31 Å². The van der Waals surface area contributed by atoms with Gasteiger partial charge in [0.2, 0.25) is 0 Å².